The van der Waals surface area contributed by atoms with Gasteiger partial charge in [-0.3, -0.25) is 4.79 Å². The first-order chi connectivity index (χ1) is 8.06. The fourth-order valence-corrected chi connectivity index (χ4v) is 1.64. The van der Waals surface area contributed by atoms with Crippen molar-refractivity contribution < 1.29 is 9.18 Å². The number of carbonyl (C=O) groups is 1. The molecule has 1 rings (SSSR count). The van der Waals surface area contributed by atoms with Crippen molar-refractivity contribution in [1.82, 2.24) is 4.90 Å². The molecule has 0 unspecified atom stereocenters. The zero-order valence-electron chi connectivity index (χ0n) is 9.41. The van der Waals surface area contributed by atoms with E-state index in [4.69, 9.17) is 16.9 Å². The van der Waals surface area contributed by atoms with Crippen LogP contribution in [-0.2, 0) is 11.2 Å². The number of likely N-dealkylation sites (N-methyl/N-ethyl adjacent to an activating group) is 1. The Kier molecular flexibility index (Phi) is 4.92. The largest absolute Gasteiger partial charge is 0.345 e. The van der Waals surface area contributed by atoms with Gasteiger partial charge in [0.05, 0.1) is 6.07 Å². The second-order valence-corrected chi connectivity index (χ2v) is 4.01. The predicted molar refractivity (Wildman–Crippen MR) is 63.0 cm³/mol. The van der Waals surface area contributed by atoms with Crippen LogP contribution in [-0.4, -0.2) is 24.4 Å². The number of amides is 1. The summed E-state index contributed by atoms with van der Waals surface area (Å²) >= 11 is 5.86. The van der Waals surface area contributed by atoms with Crippen molar-refractivity contribution in [1.29, 1.82) is 5.26 Å². The normalized spacial score (nSPS) is 9.76. The third-order valence-corrected chi connectivity index (χ3v) is 2.77. The fraction of sp³-hybridized carbons (Fsp3) is 0.333. The second-order valence-electron chi connectivity index (χ2n) is 3.60. The third-order valence-electron chi connectivity index (χ3n) is 2.41. The van der Waals surface area contributed by atoms with Gasteiger partial charge in [-0.05, 0) is 18.6 Å². The van der Waals surface area contributed by atoms with E-state index in [0.717, 1.165) is 0 Å². The van der Waals surface area contributed by atoms with Gasteiger partial charge in [0.1, 0.15) is 12.2 Å². The molecule has 0 radical (unpaired) electrons. The Bertz CT molecular complexity index is 436. The lowest BCUT2D eigenvalue weighted by atomic mass is 10.1. The molecule has 1 aromatic rings. The summed E-state index contributed by atoms with van der Waals surface area (Å²) in [7, 11) is 1.58. The predicted octanol–water partition coefficient (Wildman–Crippen LogP) is 2.39. The van der Waals surface area contributed by atoms with E-state index >= 15 is 0 Å². The van der Waals surface area contributed by atoms with Gasteiger partial charge in [-0.25, -0.2) is 4.39 Å². The van der Waals surface area contributed by atoms with Crippen molar-refractivity contribution in [3.05, 3.63) is 34.6 Å². The molecule has 0 N–H and O–H groups in total. The maximum atomic E-state index is 13.4. The molecule has 0 spiro atoms. The topological polar surface area (TPSA) is 44.1 Å². The molecule has 90 valence electrons. The van der Waals surface area contributed by atoms with Crippen LogP contribution >= 0.6 is 11.6 Å². The first-order valence-electron chi connectivity index (χ1n) is 5.10. The molecule has 0 aromatic heterocycles. The Hall–Kier alpha value is -1.60. The summed E-state index contributed by atoms with van der Waals surface area (Å²) in [6.07, 6.45) is 0.167. The van der Waals surface area contributed by atoms with E-state index in [9.17, 15) is 9.18 Å². The van der Waals surface area contributed by atoms with Crippen LogP contribution in [0.1, 0.15) is 12.0 Å². The first kappa shape index (κ1) is 13.5. The smallest absolute Gasteiger partial charge is 0.236 e. The van der Waals surface area contributed by atoms with E-state index in [1.807, 2.05) is 0 Å². The van der Waals surface area contributed by atoms with Gasteiger partial charge in [0.2, 0.25) is 5.91 Å². The third kappa shape index (κ3) is 3.72. The van der Waals surface area contributed by atoms with Crippen LogP contribution in [0.5, 0.6) is 0 Å². The summed E-state index contributed by atoms with van der Waals surface area (Å²) in [6.45, 7) is 0.334. The molecule has 3 nitrogen and oxygen atoms in total. The Balaban J connectivity index is 2.62. The van der Waals surface area contributed by atoms with E-state index < -0.39 is 0 Å². The summed E-state index contributed by atoms with van der Waals surface area (Å²) in [5.41, 5.74) is 0.394. The van der Waals surface area contributed by atoms with Gasteiger partial charge in [-0.1, -0.05) is 17.7 Å². The fourth-order valence-electron chi connectivity index (χ4n) is 1.38. The van der Waals surface area contributed by atoms with Crippen LogP contribution in [0.25, 0.3) is 0 Å². The van der Waals surface area contributed by atoms with Crippen molar-refractivity contribution in [2.75, 3.05) is 13.6 Å². The van der Waals surface area contributed by atoms with E-state index in [2.05, 4.69) is 0 Å². The quantitative estimate of drug-likeness (QED) is 0.828. The lowest BCUT2D eigenvalue weighted by Gasteiger charge is -2.16. The highest BCUT2D eigenvalue weighted by Gasteiger charge is 2.11. The van der Waals surface area contributed by atoms with Crippen LogP contribution in [0.3, 0.4) is 0 Å². The molecule has 0 saturated heterocycles. The molecule has 0 aliphatic rings. The summed E-state index contributed by atoms with van der Waals surface area (Å²) in [5.74, 6) is -0.654. The molecule has 0 saturated carbocycles. The molecule has 0 fully saturated rings. The van der Waals surface area contributed by atoms with Crippen LogP contribution < -0.4 is 0 Å². The van der Waals surface area contributed by atoms with E-state index in [-0.39, 0.29) is 18.1 Å². The van der Waals surface area contributed by atoms with Crippen LogP contribution in [0.4, 0.5) is 4.39 Å². The van der Waals surface area contributed by atoms with Gasteiger partial charge in [0.15, 0.2) is 0 Å². The first-order valence-corrected chi connectivity index (χ1v) is 5.48. The zero-order valence-corrected chi connectivity index (χ0v) is 10.2. The highest BCUT2D eigenvalue weighted by Crippen LogP contribution is 2.19. The van der Waals surface area contributed by atoms with Crippen molar-refractivity contribution in [3.8, 4) is 6.07 Å². The summed E-state index contributed by atoms with van der Waals surface area (Å²) in [6, 6.07) is 6.25. The lowest BCUT2D eigenvalue weighted by Crippen LogP contribution is -2.28. The van der Waals surface area contributed by atoms with Gasteiger partial charge < -0.3 is 4.90 Å². The molecule has 17 heavy (non-hydrogen) atoms. The SMILES string of the molecule is CN(CCc1c(F)cccc1Cl)C(=O)CC#N. The number of nitrogens with zero attached hydrogens (tertiary/aromatic N) is 2. The number of hydrogen-bond donors (Lipinski definition) is 0. The van der Waals surface area contributed by atoms with E-state index in [0.29, 0.717) is 23.6 Å². The molecule has 5 heteroatoms. The van der Waals surface area contributed by atoms with E-state index in [1.165, 1.54) is 17.0 Å². The van der Waals surface area contributed by atoms with Crippen molar-refractivity contribution in [2.24, 2.45) is 0 Å². The number of benzene rings is 1. The molecular formula is C12H12ClFN2O. The number of nitriles is 1. The molecule has 0 bridgehead atoms. The summed E-state index contributed by atoms with van der Waals surface area (Å²) in [4.78, 5) is 12.7. The number of rotatable bonds is 4. The van der Waals surface area contributed by atoms with Gasteiger partial charge in [-0.2, -0.15) is 5.26 Å². The minimum atomic E-state index is -0.376. The molecular weight excluding hydrogens is 243 g/mol. The van der Waals surface area contributed by atoms with Crippen molar-refractivity contribution in [2.45, 2.75) is 12.8 Å². The highest BCUT2D eigenvalue weighted by molar-refractivity contribution is 6.31. The minimum Gasteiger partial charge on any atom is -0.345 e. The van der Waals surface area contributed by atoms with Crippen LogP contribution in [0.2, 0.25) is 5.02 Å². The minimum absolute atomic E-state index is 0.165. The number of halogens is 2. The van der Waals surface area contributed by atoms with Crippen molar-refractivity contribution >= 4 is 17.5 Å². The Labute approximate surface area is 104 Å². The summed E-state index contributed by atoms with van der Waals surface area (Å²) in [5, 5.41) is 8.73. The Morgan fingerprint density at radius 2 is 2.29 bits per heavy atom. The van der Waals surface area contributed by atoms with E-state index in [1.54, 1.807) is 19.2 Å². The maximum Gasteiger partial charge on any atom is 0.236 e. The zero-order chi connectivity index (χ0) is 12.8. The maximum absolute atomic E-state index is 13.4. The van der Waals surface area contributed by atoms with Gasteiger partial charge in [0.25, 0.3) is 0 Å². The monoisotopic (exact) mass is 254 g/mol. The molecule has 1 amide bonds. The molecule has 0 atom stereocenters. The number of hydrogen-bond acceptors (Lipinski definition) is 2. The average molecular weight is 255 g/mol. The Morgan fingerprint density at radius 1 is 1.59 bits per heavy atom. The highest BCUT2D eigenvalue weighted by atomic mass is 35.5. The average Bonchev–Trinajstić information content (AvgIpc) is 2.28. The molecule has 1 aromatic carbocycles. The number of carbonyl (C=O) groups excluding carboxylic acids is 1. The van der Waals surface area contributed by atoms with Gasteiger partial charge in [0, 0.05) is 24.2 Å². The standard InChI is InChI=1S/C12H12ClFN2O/c1-16(12(17)5-7-15)8-6-9-10(13)3-2-4-11(9)14/h2-4H,5-6,8H2,1H3. The summed E-state index contributed by atoms with van der Waals surface area (Å²) < 4.78 is 13.4. The molecule has 0 aliphatic heterocycles. The Morgan fingerprint density at radius 3 is 2.88 bits per heavy atom. The van der Waals surface area contributed by atoms with Gasteiger partial charge >= 0.3 is 0 Å². The molecule has 0 heterocycles. The van der Waals surface area contributed by atoms with Crippen molar-refractivity contribution in [3.63, 3.8) is 0 Å². The second kappa shape index (κ2) is 6.21. The van der Waals surface area contributed by atoms with Crippen LogP contribution in [0.15, 0.2) is 18.2 Å². The van der Waals surface area contributed by atoms with Gasteiger partial charge in [-0.15, -0.1) is 0 Å². The lowest BCUT2D eigenvalue weighted by molar-refractivity contribution is -0.128. The molecule has 0 aliphatic carbocycles. The van der Waals surface area contributed by atoms with Crippen LogP contribution in [0, 0.1) is 17.1 Å².